The Balaban J connectivity index is 2.16. The van der Waals surface area contributed by atoms with Crippen LogP contribution in [0.4, 0.5) is 4.79 Å². The summed E-state index contributed by atoms with van der Waals surface area (Å²) in [5.74, 6) is 0. The van der Waals surface area contributed by atoms with E-state index in [0.717, 1.165) is 19.6 Å². The summed E-state index contributed by atoms with van der Waals surface area (Å²) in [5, 5.41) is 2.84. The second-order valence-corrected chi connectivity index (χ2v) is 4.51. The smallest absolute Gasteiger partial charge is 0.407 e. The minimum atomic E-state index is -0.309. The summed E-state index contributed by atoms with van der Waals surface area (Å²) in [5.41, 5.74) is 0. The van der Waals surface area contributed by atoms with Gasteiger partial charge >= 0.3 is 6.09 Å². The lowest BCUT2D eigenvalue weighted by Crippen LogP contribution is -2.41. The monoisotopic (exact) mass is 214 g/mol. The van der Waals surface area contributed by atoms with Gasteiger partial charge in [-0.05, 0) is 46.7 Å². The van der Waals surface area contributed by atoms with Crippen molar-refractivity contribution in [2.45, 2.75) is 45.8 Å². The van der Waals surface area contributed by atoms with Gasteiger partial charge in [-0.3, -0.25) is 0 Å². The molecule has 1 heterocycles. The van der Waals surface area contributed by atoms with Gasteiger partial charge in [0.2, 0.25) is 0 Å². The van der Waals surface area contributed by atoms with Crippen LogP contribution in [0.1, 0.15) is 33.6 Å². The largest absolute Gasteiger partial charge is 0.447 e. The standard InChI is InChI=1S/C11H22N2O2/c1-9(2)15-11(14)12-10(3)8-13-6-4-5-7-13/h9-10H,4-8H2,1-3H3,(H,12,14). The minimum Gasteiger partial charge on any atom is -0.447 e. The van der Waals surface area contributed by atoms with Crippen LogP contribution in [0.5, 0.6) is 0 Å². The molecular weight excluding hydrogens is 192 g/mol. The van der Waals surface area contributed by atoms with Gasteiger partial charge in [-0.1, -0.05) is 0 Å². The van der Waals surface area contributed by atoms with Crippen LogP contribution in [0, 0.1) is 0 Å². The molecule has 0 aromatic carbocycles. The number of rotatable bonds is 4. The maximum Gasteiger partial charge on any atom is 0.407 e. The van der Waals surface area contributed by atoms with Crippen LogP contribution in [-0.4, -0.2) is 42.8 Å². The fourth-order valence-corrected chi connectivity index (χ4v) is 1.85. The SMILES string of the molecule is CC(CN1CCCC1)NC(=O)OC(C)C. The molecule has 88 valence electrons. The first-order chi connectivity index (χ1) is 7.08. The third-order valence-electron chi connectivity index (χ3n) is 2.44. The van der Waals surface area contributed by atoms with E-state index in [1.54, 1.807) is 0 Å². The molecule has 4 nitrogen and oxygen atoms in total. The molecule has 0 aromatic heterocycles. The molecule has 15 heavy (non-hydrogen) atoms. The van der Waals surface area contributed by atoms with Crippen molar-refractivity contribution in [1.29, 1.82) is 0 Å². The van der Waals surface area contributed by atoms with E-state index in [4.69, 9.17) is 4.74 Å². The molecule has 1 aliphatic heterocycles. The molecule has 1 atom stereocenters. The molecule has 1 N–H and O–H groups in total. The van der Waals surface area contributed by atoms with Crippen LogP contribution < -0.4 is 5.32 Å². The molecule has 1 aliphatic rings. The lowest BCUT2D eigenvalue weighted by atomic mass is 10.3. The topological polar surface area (TPSA) is 41.6 Å². The number of ether oxygens (including phenoxy) is 1. The molecule has 1 amide bonds. The van der Waals surface area contributed by atoms with Gasteiger partial charge in [0, 0.05) is 12.6 Å². The Morgan fingerprint density at radius 1 is 1.33 bits per heavy atom. The highest BCUT2D eigenvalue weighted by molar-refractivity contribution is 5.67. The van der Waals surface area contributed by atoms with Gasteiger partial charge in [0.15, 0.2) is 0 Å². The highest BCUT2D eigenvalue weighted by atomic mass is 16.6. The third-order valence-corrected chi connectivity index (χ3v) is 2.44. The molecule has 1 fully saturated rings. The Morgan fingerprint density at radius 3 is 2.47 bits per heavy atom. The summed E-state index contributed by atoms with van der Waals surface area (Å²) in [4.78, 5) is 13.7. The van der Waals surface area contributed by atoms with Crippen molar-refractivity contribution < 1.29 is 9.53 Å². The van der Waals surface area contributed by atoms with Gasteiger partial charge in [0.25, 0.3) is 0 Å². The zero-order valence-corrected chi connectivity index (χ0v) is 9.95. The summed E-state index contributed by atoms with van der Waals surface area (Å²) in [7, 11) is 0. The third kappa shape index (κ3) is 5.02. The Bertz CT molecular complexity index is 201. The van der Waals surface area contributed by atoms with Crippen molar-refractivity contribution in [1.82, 2.24) is 10.2 Å². The first-order valence-electron chi connectivity index (χ1n) is 5.77. The number of carbonyl (C=O) groups is 1. The van der Waals surface area contributed by atoms with Crippen LogP contribution in [0.2, 0.25) is 0 Å². The average Bonchev–Trinajstić information content (AvgIpc) is 2.53. The van der Waals surface area contributed by atoms with E-state index in [2.05, 4.69) is 10.2 Å². The molecular formula is C11H22N2O2. The van der Waals surface area contributed by atoms with Crippen LogP contribution in [-0.2, 0) is 4.74 Å². The number of hydrogen-bond donors (Lipinski definition) is 1. The van der Waals surface area contributed by atoms with E-state index >= 15 is 0 Å². The van der Waals surface area contributed by atoms with Crippen molar-refractivity contribution in [2.24, 2.45) is 0 Å². The predicted octanol–water partition coefficient (Wildman–Crippen LogP) is 1.61. The maximum absolute atomic E-state index is 11.3. The Labute approximate surface area is 92.0 Å². The lowest BCUT2D eigenvalue weighted by molar-refractivity contribution is 0.111. The summed E-state index contributed by atoms with van der Waals surface area (Å²) < 4.78 is 5.02. The second kappa shape index (κ2) is 5.95. The highest BCUT2D eigenvalue weighted by Gasteiger charge is 2.16. The summed E-state index contributed by atoms with van der Waals surface area (Å²) in [6, 6.07) is 0.161. The number of nitrogens with one attached hydrogen (secondary N) is 1. The fraction of sp³-hybridized carbons (Fsp3) is 0.909. The van der Waals surface area contributed by atoms with Crippen molar-refractivity contribution in [3.8, 4) is 0 Å². The highest BCUT2D eigenvalue weighted by Crippen LogP contribution is 2.07. The van der Waals surface area contributed by atoms with Crippen molar-refractivity contribution >= 4 is 6.09 Å². The van der Waals surface area contributed by atoms with E-state index in [-0.39, 0.29) is 18.2 Å². The summed E-state index contributed by atoms with van der Waals surface area (Å²) >= 11 is 0. The number of nitrogens with zero attached hydrogens (tertiary/aromatic N) is 1. The molecule has 1 unspecified atom stereocenters. The van der Waals surface area contributed by atoms with Crippen molar-refractivity contribution in [2.75, 3.05) is 19.6 Å². The molecule has 0 bridgehead atoms. The van der Waals surface area contributed by atoms with Gasteiger partial charge < -0.3 is 15.0 Å². The molecule has 0 radical (unpaired) electrons. The van der Waals surface area contributed by atoms with Crippen LogP contribution in [0.3, 0.4) is 0 Å². The van der Waals surface area contributed by atoms with Gasteiger partial charge in [0.05, 0.1) is 6.10 Å². The summed E-state index contributed by atoms with van der Waals surface area (Å²) in [6.07, 6.45) is 2.20. The van der Waals surface area contributed by atoms with E-state index in [1.807, 2.05) is 20.8 Å². The molecule has 0 aliphatic carbocycles. The van der Waals surface area contributed by atoms with Crippen molar-refractivity contribution in [3.05, 3.63) is 0 Å². The second-order valence-electron chi connectivity index (χ2n) is 4.51. The van der Waals surface area contributed by atoms with Crippen LogP contribution in [0.15, 0.2) is 0 Å². The van der Waals surface area contributed by atoms with Gasteiger partial charge in [-0.25, -0.2) is 4.79 Å². The normalized spacial score (nSPS) is 19.2. The zero-order valence-electron chi connectivity index (χ0n) is 9.95. The van der Waals surface area contributed by atoms with Gasteiger partial charge in [-0.2, -0.15) is 0 Å². The van der Waals surface area contributed by atoms with E-state index in [0.29, 0.717) is 0 Å². The molecule has 0 aromatic rings. The number of likely N-dealkylation sites (tertiary alicyclic amines) is 1. The molecule has 1 rings (SSSR count). The van der Waals surface area contributed by atoms with Crippen LogP contribution >= 0.6 is 0 Å². The zero-order chi connectivity index (χ0) is 11.3. The molecule has 0 spiro atoms. The number of hydrogen-bond acceptors (Lipinski definition) is 3. The quantitative estimate of drug-likeness (QED) is 0.773. The number of alkyl carbamates (subject to hydrolysis) is 1. The fourth-order valence-electron chi connectivity index (χ4n) is 1.85. The van der Waals surface area contributed by atoms with E-state index in [1.165, 1.54) is 12.8 Å². The predicted molar refractivity (Wildman–Crippen MR) is 59.9 cm³/mol. The number of carbonyl (C=O) groups excluding carboxylic acids is 1. The minimum absolute atomic E-state index is 0.0519. The van der Waals surface area contributed by atoms with E-state index in [9.17, 15) is 4.79 Å². The van der Waals surface area contributed by atoms with E-state index < -0.39 is 0 Å². The lowest BCUT2D eigenvalue weighted by Gasteiger charge is -2.21. The molecule has 1 saturated heterocycles. The van der Waals surface area contributed by atoms with Crippen molar-refractivity contribution in [3.63, 3.8) is 0 Å². The average molecular weight is 214 g/mol. The Hall–Kier alpha value is -0.770. The van der Waals surface area contributed by atoms with Gasteiger partial charge in [-0.15, -0.1) is 0 Å². The van der Waals surface area contributed by atoms with Gasteiger partial charge in [0.1, 0.15) is 0 Å². The number of amides is 1. The Kier molecular flexibility index (Phi) is 4.88. The molecule has 4 heteroatoms. The van der Waals surface area contributed by atoms with Crippen LogP contribution in [0.25, 0.3) is 0 Å². The maximum atomic E-state index is 11.3. The first-order valence-corrected chi connectivity index (χ1v) is 5.77. The first kappa shape index (κ1) is 12.3. The molecule has 0 saturated carbocycles. The Morgan fingerprint density at radius 2 is 1.93 bits per heavy atom. The summed E-state index contributed by atoms with van der Waals surface area (Å²) in [6.45, 7) is 8.96.